The van der Waals surface area contributed by atoms with Gasteiger partial charge in [-0.05, 0) is 44.6 Å². The molecule has 0 atom stereocenters. The van der Waals surface area contributed by atoms with Crippen molar-refractivity contribution in [2.45, 2.75) is 13.3 Å². The molecule has 0 saturated carbocycles. The summed E-state index contributed by atoms with van der Waals surface area (Å²) in [6.07, 6.45) is 0.773. The molecule has 6 heteroatoms. The third kappa shape index (κ3) is 4.24. The van der Waals surface area contributed by atoms with E-state index in [9.17, 15) is 4.79 Å². The second-order valence-corrected chi connectivity index (χ2v) is 5.01. The SMILES string of the molecule is CNCCc1ccccc1C(=O)Nc1nc(C)cc(Cl)n1. The summed E-state index contributed by atoms with van der Waals surface area (Å²) in [5.74, 6) is -0.0169. The first-order valence-electron chi connectivity index (χ1n) is 6.65. The molecule has 21 heavy (non-hydrogen) atoms. The van der Waals surface area contributed by atoms with Gasteiger partial charge in [-0.25, -0.2) is 9.97 Å². The van der Waals surface area contributed by atoms with Crippen LogP contribution in [0.25, 0.3) is 0 Å². The number of hydrogen-bond acceptors (Lipinski definition) is 4. The number of rotatable bonds is 5. The maximum Gasteiger partial charge on any atom is 0.258 e. The van der Waals surface area contributed by atoms with E-state index >= 15 is 0 Å². The molecule has 2 N–H and O–H groups in total. The second kappa shape index (κ2) is 7.15. The summed E-state index contributed by atoms with van der Waals surface area (Å²) in [4.78, 5) is 20.5. The Bertz CT molecular complexity index is 625. The van der Waals surface area contributed by atoms with Crippen LogP contribution >= 0.6 is 11.6 Å². The van der Waals surface area contributed by atoms with Gasteiger partial charge < -0.3 is 5.32 Å². The number of aryl methyl sites for hydroxylation is 1. The van der Waals surface area contributed by atoms with Crippen LogP contribution < -0.4 is 10.6 Å². The van der Waals surface area contributed by atoms with Gasteiger partial charge in [0.05, 0.1) is 0 Å². The van der Waals surface area contributed by atoms with Crippen LogP contribution in [0.1, 0.15) is 21.6 Å². The van der Waals surface area contributed by atoms with Crippen LogP contribution in [0.3, 0.4) is 0 Å². The Balaban J connectivity index is 2.20. The van der Waals surface area contributed by atoms with Gasteiger partial charge >= 0.3 is 0 Å². The molecule has 0 saturated heterocycles. The molecule has 0 unspecified atom stereocenters. The Labute approximate surface area is 128 Å². The molecule has 0 fully saturated rings. The standard InChI is InChI=1S/C15H17ClN4O/c1-10-9-13(16)19-15(18-10)20-14(21)12-6-4-3-5-11(12)7-8-17-2/h3-6,9,17H,7-8H2,1-2H3,(H,18,19,20,21). The largest absolute Gasteiger partial charge is 0.319 e. The number of carbonyl (C=O) groups is 1. The number of aromatic nitrogens is 2. The number of benzene rings is 1. The minimum atomic E-state index is -0.233. The zero-order valence-corrected chi connectivity index (χ0v) is 12.7. The van der Waals surface area contributed by atoms with Gasteiger partial charge in [-0.15, -0.1) is 0 Å². The smallest absolute Gasteiger partial charge is 0.258 e. The van der Waals surface area contributed by atoms with Crippen molar-refractivity contribution in [1.82, 2.24) is 15.3 Å². The predicted molar refractivity (Wildman–Crippen MR) is 83.8 cm³/mol. The van der Waals surface area contributed by atoms with Crippen molar-refractivity contribution in [3.05, 3.63) is 52.3 Å². The number of amides is 1. The van der Waals surface area contributed by atoms with Crippen molar-refractivity contribution in [2.75, 3.05) is 18.9 Å². The predicted octanol–water partition coefficient (Wildman–Crippen LogP) is 2.45. The normalized spacial score (nSPS) is 10.4. The van der Waals surface area contributed by atoms with E-state index in [2.05, 4.69) is 20.6 Å². The van der Waals surface area contributed by atoms with Crippen LogP contribution in [0.15, 0.2) is 30.3 Å². The molecule has 0 aliphatic rings. The Kier molecular flexibility index (Phi) is 5.25. The third-order valence-electron chi connectivity index (χ3n) is 2.95. The summed E-state index contributed by atoms with van der Waals surface area (Å²) in [5, 5.41) is 6.07. The van der Waals surface area contributed by atoms with E-state index in [-0.39, 0.29) is 11.9 Å². The summed E-state index contributed by atoms with van der Waals surface area (Å²) < 4.78 is 0. The highest BCUT2D eigenvalue weighted by molar-refractivity contribution is 6.29. The molecule has 0 radical (unpaired) electrons. The maximum atomic E-state index is 12.4. The van der Waals surface area contributed by atoms with E-state index in [1.165, 1.54) is 0 Å². The first-order chi connectivity index (χ1) is 10.1. The summed E-state index contributed by atoms with van der Waals surface area (Å²) in [7, 11) is 1.88. The molecule has 1 heterocycles. The molecular formula is C15H17ClN4O. The lowest BCUT2D eigenvalue weighted by Gasteiger charge is -2.09. The topological polar surface area (TPSA) is 66.9 Å². The van der Waals surface area contributed by atoms with Gasteiger partial charge in [0.15, 0.2) is 0 Å². The highest BCUT2D eigenvalue weighted by Gasteiger charge is 2.12. The van der Waals surface area contributed by atoms with Crippen LogP contribution in [-0.2, 0) is 6.42 Å². The molecule has 0 bridgehead atoms. The minimum Gasteiger partial charge on any atom is -0.319 e. The van der Waals surface area contributed by atoms with E-state index in [0.717, 1.165) is 18.5 Å². The fourth-order valence-electron chi connectivity index (χ4n) is 1.97. The van der Waals surface area contributed by atoms with E-state index in [1.54, 1.807) is 19.1 Å². The maximum absolute atomic E-state index is 12.4. The molecule has 0 spiro atoms. The van der Waals surface area contributed by atoms with Gasteiger partial charge in [0, 0.05) is 11.3 Å². The second-order valence-electron chi connectivity index (χ2n) is 4.62. The number of anilines is 1. The van der Waals surface area contributed by atoms with E-state index in [0.29, 0.717) is 16.4 Å². The Morgan fingerprint density at radius 1 is 1.29 bits per heavy atom. The first-order valence-corrected chi connectivity index (χ1v) is 7.03. The molecule has 1 aromatic carbocycles. The average Bonchev–Trinajstić information content (AvgIpc) is 2.44. The number of hydrogen-bond donors (Lipinski definition) is 2. The lowest BCUT2D eigenvalue weighted by atomic mass is 10.0. The van der Waals surface area contributed by atoms with Gasteiger partial charge in [-0.2, -0.15) is 0 Å². The molecular weight excluding hydrogens is 288 g/mol. The number of halogens is 1. The van der Waals surface area contributed by atoms with Crippen LogP contribution in [0.5, 0.6) is 0 Å². The number of likely N-dealkylation sites (N-methyl/N-ethyl adjacent to an activating group) is 1. The third-order valence-corrected chi connectivity index (χ3v) is 3.15. The minimum absolute atomic E-state index is 0.216. The molecule has 2 aromatic rings. The summed E-state index contributed by atoms with van der Waals surface area (Å²) >= 11 is 5.87. The van der Waals surface area contributed by atoms with Gasteiger partial charge in [0.25, 0.3) is 5.91 Å². The first kappa shape index (κ1) is 15.4. The number of nitrogens with one attached hydrogen (secondary N) is 2. The van der Waals surface area contributed by atoms with Crippen molar-refractivity contribution in [2.24, 2.45) is 0 Å². The van der Waals surface area contributed by atoms with Gasteiger partial charge in [-0.3, -0.25) is 10.1 Å². The average molecular weight is 305 g/mol. The fourth-order valence-corrected chi connectivity index (χ4v) is 2.21. The van der Waals surface area contributed by atoms with Crippen LogP contribution in [0, 0.1) is 6.92 Å². The molecule has 1 aromatic heterocycles. The van der Waals surface area contributed by atoms with Crippen molar-refractivity contribution in [3.63, 3.8) is 0 Å². The van der Waals surface area contributed by atoms with Crippen molar-refractivity contribution >= 4 is 23.5 Å². The van der Waals surface area contributed by atoms with Gasteiger partial charge in [0.1, 0.15) is 5.15 Å². The Hall–Kier alpha value is -1.98. The van der Waals surface area contributed by atoms with Gasteiger partial charge in [0.2, 0.25) is 5.95 Å². The Morgan fingerprint density at radius 3 is 2.76 bits per heavy atom. The quantitative estimate of drug-likeness (QED) is 0.833. The zero-order chi connectivity index (χ0) is 15.2. The fraction of sp³-hybridized carbons (Fsp3) is 0.267. The van der Waals surface area contributed by atoms with E-state index < -0.39 is 0 Å². The summed E-state index contributed by atoms with van der Waals surface area (Å²) in [6, 6.07) is 9.12. The number of nitrogens with zero attached hydrogens (tertiary/aromatic N) is 2. The molecule has 0 aliphatic carbocycles. The lowest BCUT2D eigenvalue weighted by Crippen LogP contribution is -2.18. The summed E-state index contributed by atoms with van der Waals surface area (Å²) in [6.45, 7) is 2.60. The molecule has 0 aliphatic heterocycles. The monoisotopic (exact) mass is 304 g/mol. The van der Waals surface area contributed by atoms with Crippen molar-refractivity contribution in [3.8, 4) is 0 Å². The van der Waals surface area contributed by atoms with Gasteiger partial charge in [-0.1, -0.05) is 29.8 Å². The van der Waals surface area contributed by atoms with Crippen LogP contribution in [-0.4, -0.2) is 29.5 Å². The highest BCUT2D eigenvalue weighted by atomic mass is 35.5. The Morgan fingerprint density at radius 2 is 2.05 bits per heavy atom. The summed E-state index contributed by atoms with van der Waals surface area (Å²) in [5.41, 5.74) is 2.30. The lowest BCUT2D eigenvalue weighted by molar-refractivity contribution is 0.102. The van der Waals surface area contributed by atoms with Crippen LogP contribution in [0.4, 0.5) is 5.95 Å². The highest BCUT2D eigenvalue weighted by Crippen LogP contribution is 2.13. The van der Waals surface area contributed by atoms with Crippen LogP contribution in [0.2, 0.25) is 5.15 Å². The number of carbonyl (C=O) groups excluding carboxylic acids is 1. The molecule has 110 valence electrons. The molecule has 1 amide bonds. The molecule has 5 nitrogen and oxygen atoms in total. The van der Waals surface area contributed by atoms with E-state index in [4.69, 9.17) is 11.6 Å². The van der Waals surface area contributed by atoms with E-state index in [1.807, 2.05) is 25.2 Å². The van der Waals surface area contributed by atoms with Crippen molar-refractivity contribution in [1.29, 1.82) is 0 Å². The van der Waals surface area contributed by atoms with Crippen molar-refractivity contribution < 1.29 is 4.79 Å². The zero-order valence-electron chi connectivity index (χ0n) is 12.0. The molecule has 2 rings (SSSR count).